The fourth-order valence-electron chi connectivity index (χ4n) is 3.49. The monoisotopic (exact) mass is 345 g/mol. The van der Waals surface area contributed by atoms with Crippen molar-refractivity contribution in [3.8, 4) is 0 Å². The maximum absolute atomic E-state index is 12.5. The Morgan fingerprint density at radius 1 is 1.20 bits per heavy atom. The molecule has 0 aromatic heterocycles. The van der Waals surface area contributed by atoms with E-state index in [1.54, 1.807) is 19.0 Å². The van der Waals surface area contributed by atoms with Crippen LogP contribution in [0.3, 0.4) is 0 Å². The van der Waals surface area contributed by atoms with Gasteiger partial charge in [0.05, 0.1) is 0 Å². The Labute approximate surface area is 151 Å². The first-order valence-electron chi connectivity index (χ1n) is 9.22. The van der Waals surface area contributed by atoms with Gasteiger partial charge in [0.25, 0.3) is 0 Å². The van der Waals surface area contributed by atoms with Gasteiger partial charge in [-0.25, -0.2) is 0 Å². The number of nitrogens with one attached hydrogen (secondary N) is 2. The van der Waals surface area contributed by atoms with E-state index in [0.29, 0.717) is 24.7 Å². The number of amides is 2. The summed E-state index contributed by atoms with van der Waals surface area (Å²) in [6.07, 6.45) is 3.25. The zero-order valence-electron chi connectivity index (χ0n) is 15.6. The highest BCUT2D eigenvalue weighted by Gasteiger charge is 2.26. The van der Waals surface area contributed by atoms with Crippen molar-refractivity contribution in [2.75, 3.05) is 27.2 Å². The average molecular weight is 345 g/mol. The highest BCUT2D eigenvalue weighted by molar-refractivity contribution is 5.87. The molecule has 1 fully saturated rings. The minimum Gasteiger partial charge on any atom is -0.347 e. The van der Waals surface area contributed by atoms with Crippen molar-refractivity contribution in [2.24, 2.45) is 11.8 Å². The van der Waals surface area contributed by atoms with Crippen LogP contribution in [0.2, 0.25) is 0 Å². The largest absolute Gasteiger partial charge is 0.347 e. The average Bonchev–Trinajstić information content (AvgIpc) is 2.62. The first-order valence-corrected chi connectivity index (χ1v) is 9.22. The summed E-state index contributed by atoms with van der Waals surface area (Å²) in [6.45, 7) is 4.22. The number of rotatable bonds is 7. The van der Waals surface area contributed by atoms with Gasteiger partial charge in [-0.3, -0.25) is 9.59 Å². The molecule has 138 valence electrons. The molecule has 2 unspecified atom stereocenters. The lowest BCUT2D eigenvalue weighted by Gasteiger charge is -2.28. The van der Waals surface area contributed by atoms with Crippen LogP contribution in [-0.4, -0.2) is 49.9 Å². The zero-order chi connectivity index (χ0) is 18.2. The summed E-state index contributed by atoms with van der Waals surface area (Å²) in [7, 11) is 3.45. The number of piperidine rings is 1. The first-order chi connectivity index (χ1) is 12.0. The van der Waals surface area contributed by atoms with Crippen molar-refractivity contribution in [2.45, 2.75) is 38.6 Å². The van der Waals surface area contributed by atoms with Crippen LogP contribution in [0.5, 0.6) is 0 Å². The molecule has 5 heteroatoms. The highest BCUT2D eigenvalue weighted by Crippen LogP contribution is 2.24. The molecular weight excluding hydrogens is 314 g/mol. The lowest BCUT2D eigenvalue weighted by atomic mass is 9.84. The second kappa shape index (κ2) is 9.56. The first kappa shape index (κ1) is 19.4. The number of carbonyl (C=O) groups is 2. The molecular formula is C20H31N3O2. The lowest BCUT2D eigenvalue weighted by molar-refractivity contribution is -0.134. The van der Waals surface area contributed by atoms with Crippen LogP contribution in [0.25, 0.3) is 0 Å². The Morgan fingerprint density at radius 2 is 1.84 bits per heavy atom. The van der Waals surface area contributed by atoms with E-state index < -0.39 is 6.04 Å². The molecule has 2 amide bonds. The second-order valence-corrected chi connectivity index (χ2v) is 7.31. The second-order valence-electron chi connectivity index (χ2n) is 7.31. The van der Waals surface area contributed by atoms with E-state index >= 15 is 0 Å². The predicted molar refractivity (Wildman–Crippen MR) is 100 cm³/mol. The van der Waals surface area contributed by atoms with Gasteiger partial charge in [-0.2, -0.15) is 0 Å². The van der Waals surface area contributed by atoms with Crippen molar-refractivity contribution in [3.05, 3.63) is 35.9 Å². The molecule has 1 aromatic rings. The number of hydrogen-bond donors (Lipinski definition) is 2. The Bertz CT molecular complexity index is 553. The molecule has 2 rings (SSSR count). The van der Waals surface area contributed by atoms with Gasteiger partial charge in [0, 0.05) is 26.9 Å². The number of likely N-dealkylation sites (N-methyl/N-ethyl adjacent to an activating group) is 1. The van der Waals surface area contributed by atoms with Gasteiger partial charge in [0.2, 0.25) is 11.8 Å². The van der Waals surface area contributed by atoms with Gasteiger partial charge in [-0.05, 0) is 43.3 Å². The quantitative estimate of drug-likeness (QED) is 0.792. The molecule has 5 nitrogen and oxygen atoms in total. The fourth-order valence-corrected chi connectivity index (χ4v) is 3.49. The van der Waals surface area contributed by atoms with E-state index in [4.69, 9.17) is 0 Å². The summed E-state index contributed by atoms with van der Waals surface area (Å²) < 4.78 is 0. The Morgan fingerprint density at radius 3 is 2.44 bits per heavy atom. The van der Waals surface area contributed by atoms with Crippen molar-refractivity contribution < 1.29 is 9.59 Å². The van der Waals surface area contributed by atoms with Crippen LogP contribution in [0.1, 0.15) is 31.7 Å². The zero-order valence-corrected chi connectivity index (χ0v) is 15.6. The molecule has 25 heavy (non-hydrogen) atoms. The summed E-state index contributed by atoms with van der Waals surface area (Å²) in [5.41, 5.74) is 1.05. The van der Waals surface area contributed by atoms with Crippen LogP contribution >= 0.6 is 0 Å². The molecule has 1 saturated heterocycles. The van der Waals surface area contributed by atoms with Crippen LogP contribution in [0.4, 0.5) is 0 Å². The van der Waals surface area contributed by atoms with Crippen LogP contribution in [0.15, 0.2) is 30.3 Å². The SMILES string of the molecule is CC(CC(=O)NC(Cc1ccccc1)C(=O)N(C)C)C1CCNCC1. The summed E-state index contributed by atoms with van der Waals surface area (Å²) >= 11 is 0. The van der Waals surface area contributed by atoms with Crippen molar-refractivity contribution in [1.29, 1.82) is 0 Å². The molecule has 0 bridgehead atoms. The minimum absolute atomic E-state index is 0.0258. The van der Waals surface area contributed by atoms with Gasteiger partial charge in [-0.1, -0.05) is 37.3 Å². The number of carbonyl (C=O) groups excluding carboxylic acids is 2. The predicted octanol–water partition coefficient (Wildman–Crippen LogP) is 1.83. The highest BCUT2D eigenvalue weighted by atomic mass is 16.2. The van der Waals surface area contributed by atoms with Gasteiger partial charge >= 0.3 is 0 Å². The maximum Gasteiger partial charge on any atom is 0.244 e. The van der Waals surface area contributed by atoms with E-state index in [1.165, 1.54) is 0 Å². The van der Waals surface area contributed by atoms with Gasteiger partial charge in [-0.15, -0.1) is 0 Å². The fraction of sp³-hybridized carbons (Fsp3) is 0.600. The Kier molecular flexibility index (Phi) is 7.44. The van der Waals surface area contributed by atoms with E-state index in [2.05, 4.69) is 17.6 Å². The van der Waals surface area contributed by atoms with Gasteiger partial charge in [0.15, 0.2) is 0 Å². The topological polar surface area (TPSA) is 61.4 Å². The molecule has 0 spiro atoms. The smallest absolute Gasteiger partial charge is 0.244 e. The lowest BCUT2D eigenvalue weighted by Crippen LogP contribution is -2.48. The standard InChI is InChI=1S/C20H31N3O2/c1-15(17-9-11-21-12-10-17)13-19(24)22-18(20(25)23(2)3)14-16-7-5-4-6-8-16/h4-8,15,17-18,21H,9-14H2,1-3H3,(H,22,24). The van der Waals surface area contributed by atoms with E-state index in [1.807, 2.05) is 30.3 Å². The van der Waals surface area contributed by atoms with Crippen molar-refractivity contribution in [1.82, 2.24) is 15.5 Å². The molecule has 0 saturated carbocycles. The number of nitrogens with zero attached hydrogens (tertiary/aromatic N) is 1. The molecule has 2 atom stereocenters. The molecule has 0 aliphatic carbocycles. The third-order valence-corrected chi connectivity index (χ3v) is 5.05. The van der Waals surface area contributed by atoms with E-state index in [0.717, 1.165) is 31.5 Å². The van der Waals surface area contributed by atoms with Crippen LogP contribution in [-0.2, 0) is 16.0 Å². The van der Waals surface area contributed by atoms with Crippen molar-refractivity contribution in [3.63, 3.8) is 0 Å². The van der Waals surface area contributed by atoms with Crippen molar-refractivity contribution >= 4 is 11.8 Å². The van der Waals surface area contributed by atoms with Crippen LogP contribution in [0, 0.1) is 11.8 Å². The maximum atomic E-state index is 12.5. The molecule has 1 aliphatic rings. The summed E-state index contributed by atoms with van der Waals surface area (Å²) in [6, 6.07) is 9.32. The summed E-state index contributed by atoms with van der Waals surface area (Å²) in [4.78, 5) is 26.5. The third kappa shape index (κ3) is 6.16. The molecule has 1 heterocycles. The van der Waals surface area contributed by atoms with E-state index in [-0.39, 0.29) is 11.8 Å². The van der Waals surface area contributed by atoms with E-state index in [9.17, 15) is 9.59 Å². The third-order valence-electron chi connectivity index (χ3n) is 5.05. The van der Waals surface area contributed by atoms with Gasteiger partial charge < -0.3 is 15.5 Å². The summed E-state index contributed by atoms with van der Waals surface area (Å²) in [5, 5.41) is 6.33. The number of hydrogen-bond acceptors (Lipinski definition) is 3. The summed E-state index contributed by atoms with van der Waals surface area (Å²) in [5.74, 6) is 0.840. The Balaban J connectivity index is 1.95. The molecule has 1 aliphatic heterocycles. The Hall–Kier alpha value is -1.88. The molecule has 1 aromatic carbocycles. The molecule has 2 N–H and O–H groups in total. The van der Waals surface area contributed by atoms with Crippen LogP contribution < -0.4 is 10.6 Å². The minimum atomic E-state index is -0.509. The number of benzene rings is 1. The van der Waals surface area contributed by atoms with Gasteiger partial charge in [0.1, 0.15) is 6.04 Å². The normalized spacial score (nSPS) is 17.6. The molecule has 0 radical (unpaired) electrons.